The minimum atomic E-state index is -0.470. The molecule has 0 fully saturated rings. The molecule has 0 amide bonds. The van der Waals surface area contributed by atoms with Gasteiger partial charge in [0, 0.05) is 13.1 Å². The number of carbonyl (C=O) groups excluding carboxylic acids is 1. The average molecular weight is 181 g/mol. The van der Waals surface area contributed by atoms with Crippen LogP contribution in [-0.2, 0) is 11.8 Å². The van der Waals surface area contributed by atoms with Gasteiger partial charge in [-0.05, 0) is 13.0 Å². The van der Waals surface area contributed by atoms with E-state index in [9.17, 15) is 9.59 Å². The van der Waals surface area contributed by atoms with E-state index >= 15 is 0 Å². The number of hydrogen-bond acceptors (Lipinski definition) is 3. The zero-order valence-electron chi connectivity index (χ0n) is 7.61. The van der Waals surface area contributed by atoms with Gasteiger partial charge in [-0.2, -0.15) is 0 Å². The number of aromatic nitrogens is 1. The predicted octanol–water partition coefficient (Wildman–Crippen LogP) is 0.562. The number of rotatable bonds is 2. The maximum Gasteiger partial charge on any atom is 0.355 e. The summed E-state index contributed by atoms with van der Waals surface area (Å²) in [6.07, 6.45) is 0. The summed E-state index contributed by atoms with van der Waals surface area (Å²) in [5.74, 6) is -0.470. The van der Waals surface area contributed by atoms with E-state index in [1.54, 1.807) is 13.0 Å². The van der Waals surface area contributed by atoms with E-state index in [1.807, 2.05) is 0 Å². The Kier molecular flexibility index (Phi) is 2.84. The van der Waals surface area contributed by atoms with Crippen molar-refractivity contribution in [1.29, 1.82) is 0 Å². The zero-order chi connectivity index (χ0) is 9.84. The zero-order valence-corrected chi connectivity index (χ0v) is 7.61. The first-order valence-corrected chi connectivity index (χ1v) is 4.00. The van der Waals surface area contributed by atoms with Crippen LogP contribution in [0.25, 0.3) is 0 Å². The van der Waals surface area contributed by atoms with Gasteiger partial charge in [-0.1, -0.05) is 6.07 Å². The number of ether oxygens (including phenoxy) is 1. The SMILES string of the molecule is CCOC(=O)c1cccc(=O)n1C. The number of esters is 1. The van der Waals surface area contributed by atoms with Crippen molar-refractivity contribution < 1.29 is 9.53 Å². The van der Waals surface area contributed by atoms with E-state index in [2.05, 4.69) is 0 Å². The molecule has 0 radical (unpaired) electrons. The molecule has 0 aliphatic carbocycles. The summed E-state index contributed by atoms with van der Waals surface area (Å²) < 4.78 is 6.03. The topological polar surface area (TPSA) is 48.3 Å². The number of pyridine rings is 1. The molecule has 0 unspecified atom stereocenters. The highest BCUT2D eigenvalue weighted by Crippen LogP contribution is 1.96. The Balaban J connectivity index is 3.08. The van der Waals surface area contributed by atoms with Crippen LogP contribution in [0.2, 0.25) is 0 Å². The second kappa shape index (κ2) is 3.89. The van der Waals surface area contributed by atoms with Crippen LogP contribution in [0.15, 0.2) is 23.0 Å². The maximum absolute atomic E-state index is 11.2. The minimum absolute atomic E-state index is 0.217. The van der Waals surface area contributed by atoms with Gasteiger partial charge in [0.2, 0.25) is 0 Å². The van der Waals surface area contributed by atoms with Crippen LogP contribution >= 0.6 is 0 Å². The highest BCUT2D eigenvalue weighted by molar-refractivity contribution is 5.87. The lowest BCUT2D eigenvalue weighted by Gasteiger charge is -2.05. The standard InChI is InChI=1S/C9H11NO3/c1-3-13-9(12)7-5-4-6-8(11)10(7)2/h4-6H,3H2,1-2H3. The van der Waals surface area contributed by atoms with Crippen molar-refractivity contribution in [2.75, 3.05) is 6.61 Å². The molecule has 4 nitrogen and oxygen atoms in total. The predicted molar refractivity (Wildman–Crippen MR) is 47.6 cm³/mol. The molecule has 0 aliphatic rings. The van der Waals surface area contributed by atoms with Crippen molar-refractivity contribution in [3.63, 3.8) is 0 Å². The van der Waals surface area contributed by atoms with Crippen LogP contribution < -0.4 is 5.56 Å². The molecule has 0 atom stereocenters. The van der Waals surface area contributed by atoms with E-state index in [0.29, 0.717) is 6.61 Å². The minimum Gasteiger partial charge on any atom is -0.461 e. The van der Waals surface area contributed by atoms with Gasteiger partial charge in [0.05, 0.1) is 6.61 Å². The van der Waals surface area contributed by atoms with E-state index in [1.165, 1.54) is 23.7 Å². The Bertz CT molecular complexity index is 367. The van der Waals surface area contributed by atoms with Crippen LogP contribution in [0.1, 0.15) is 17.4 Å². The van der Waals surface area contributed by atoms with Crippen molar-refractivity contribution in [3.8, 4) is 0 Å². The molecule has 0 spiro atoms. The largest absolute Gasteiger partial charge is 0.461 e. The van der Waals surface area contributed by atoms with E-state index in [4.69, 9.17) is 4.74 Å². The van der Waals surface area contributed by atoms with Gasteiger partial charge in [0.15, 0.2) is 0 Å². The third-order valence-electron chi connectivity index (χ3n) is 1.67. The van der Waals surface area contributed by atoms with Crippen molar-refractivity contribution >= 4 is 5.97 Å². The van der Waals surface area contributed by atoms with Crippen LogP contribution in [0.5, 0.6) is 0 Å². The van der Waals surface area contributed by atoms with Gasteiger partial charge in [0.25, 0.3) is 5.56 Å². The van der Waals surface area contributed by atoms with Gasteiger partial charge in [-0.25, -0.2) is 4.79 Å². The number of carbonyl (C=O) groups is 1. The van der Waals surface area contributed by atoms with Gasteiger partial charge >= 0.3 is 5.97 Å². The molecule has 13 heavy (non-hydrogen) atoms. The lowest BCUT2D eigenvalue weighted by molar-refractivity contribution is 0.0513. The normalized spacial score (nSPS) is 9.69. The Morgan fingerprint density at radius 2 is 2.23 bits per heavy atom. The second-order valence-electron chi connectivity index (χ2n) is 2.53. The fourth-order valence-corrected chi connectivity index (χ4v) is 0.974. The Labute approximate surface area is 75.8 Å². The molecular formula is C9H11NO3. The lowest BCUT2D eigenvalue weighted by atomic mass is 10.3. The monoisotopic (exact) mass is 181 g/mol. The fraction of sp³-hybridized carbons (Fsp3) is 0.333. The molecular weight excluding hydrogens is 170 g/mol. The molecule has 0 saturated carbocycles. The van der Waals surface area contributed by atoms with Crippen molar-refractivity contribution in [1.82, 2.24) is 4.57 Å². The summed E-state index contributed by atoms with van der Waals surface area (Å²) in [7, 11) is 1.54. The maximum atomic E-state index is 11.2. The first-order valence-electron chi connectivity index (χ1n) is 4.00. The molecule has 70 valence electrons. The van der Waals surface area contributed by atoms with E-state index in [-0.39, 0.29) is 11.3 Å². The molecule has 0 N–H and O–H groups in total. The molecule has 0 aromatic carbocycles. The first-order chi connectivity index (χ1) is 6.16. The molecule has 4 heteroatoms. The third-order valence-corrected chi connectivity index (χ3v) is 1.67. The quantitative estimate of drug-likeness (QED) is 0.626. The Hall–Kier alpha value is -1.58. The summed E-state index contributed by atoms with van der Waals surface area (Å²) >= 11 is 0. The molecule has 1 aromatic heterocycles. The highest BCUT2D eigenvalue weighted by atomic mass is 16.5. The third kappa shape index (κ3) is 1.96. The Morgan fingerprint density at radius 3 is 2.85 bits per heavy atom. The second-order valence-corrected chi connectivity index (χ2v) is 2.53. The summed E-state index contributed by atoms with van der Waals surface area (Å²) in [6, 6.07) is 4.48. The summed E-state index contributed by atoms with van der Waals surface area (Å²) in [5.41, 5.74) is 0.0555. The highest BCUT2D eigenvalue weighted by Gasteiger charge is 2.09. The number of nitrogens with zero attached hydrogens (tertiary/aromatic N) is 1. The number of hydrogen-bond donors (Lipinski definition) is 0. The van der Waals surface area contributed by atoms with Gasteiger partial charge in [-0.3, -0.25) is 4.79 Å². The summed E-state index contributed by atoms with van der Waals surface area (Å²) in [6.45, 7) is 2.03. The van der Waals surface area contributed by atoms with Crippen LogP contribution in [0, 0.1) is 0 Å². The molecule has 0 bridgehead atoms. The van der Waals surface area contributed by atoms with E-state index in [0.717, 1.165) is 0 Å². The van der Waals surface area contributed by atoms with E-state index < -0.39 is 5.97 Å². The summed E-state index contributed by atoms with van der Waals surface area (Å²) in [4.78, 5) is 22.3. The van der Waals surface area contributed by atoms with Crippen LogP contribution in [-0.4, -0.2) is 17.1 Å². The smallest absolute Gasteiger partial charge is 0.355 e. The van der Waals surface area contributed by atoms with Gasteiger partial charge in [-0.15, -0.1) is 0 Å². The van der Waals surface area contributed by atoms with Crippen molar-refractivity contribution in [2.24, 2.45) is 7.05 Å². The Morgan fingerprint density at radius 1 is 1.54 bits per heavy atom. The molecule has 1 aromatic rings. The lowest BCUT2D eigenvalue weighted by Crippen LogP contribution is -2.22. The van der Waals surface area contributed by atoms with Crippen molar-refractivity contribution in [3.05, 3.63) is 34.2 Å². The summed E-state index contributed by atoms with van der Waals surface area (Å²) in [5, 5.41) is 0. The van der Waals surface area contributed by atoms with Crippen molar-refractivity contribution in [2.45, 2.75) is 6.92 Å². The molecule has 1 rings (SSSR count). The van der Waals surface area contributed by atoms with Crippen LogP contribution in [0.3, 0.4) is 0 Å². The molecule has 0 aliphatic heterocycles. The van der Waals surface area contributed by atoms with Gasteiger partial charge in [0.1, 0.15) is 5.69 Å². The van der Waals surface area contributed by atoms with Crippen LogP contribution in [0.4, 0.5) is 0 Å². The van der Waals surface area contributed by atoms with Gasteiger partial charge < -0.3 is 9.30 Å². The first kappa shape index (κ1) is 9.51. The molecule has 0 saturated heterocycles. The average Bonchev–Trinajstić information content (AvgIpc) is 2.10. The fourth-order valence-electron chi connectivity index (χ4n) is 0.974. The molecule has 1 heterocycles.